The number of ether oxygens (including phenoxy) is 2. The Kier molecular flexibility index (Phi) is 4.55. The maximum Gasteiger partial charge on any atom is 0.223 e. The molecule has 0 spiro atoms. The van der Waals surface area contributed by atoms with Gasteiger partial charge in [0.05, 0.1) is 13.2 Å². The van der Waals surface area contributed by atoms with Crippen LogP contribution < -0.4 is 9.47 Å². The minimum Gasteiger partial charge on any atom is -0.493 e. The molecular formula is C18H25NO3. The van der Waals surface area contributed by atoms with Gasteiger partial charge in [-0.15, -0.1) is 0 Å². The summed E-state index contributed by atoms with van der Waals surface area (Å²) in [5, 5.41) is 0. The molecule has 1 heterocycles. The molecule has 0 bridgehead atoms. The zero-order chi connectivity index (χ0) is 15.5. The van der Waals surface area contributed by atoms with Gasteiger partial charge >= 0.3 is 0 Å². The van der Waals surface area contributed by atoms with Crippen molar-refractivity contribution < 1.29 is 14.3 Å². The van der Waals surface area contributed by atoms with E-state index >= 15 is 0 Å². The molecule has 1 atom stereocenters. The van der Waals surface area contributed by atoms with Crippen molar-refractivity contribution in [3.8, 4) is 11.5 Å². The van der Waals surface area contributed by atoms with Crippen molar-refractivity contribution in [2.45, 2.75) is 51.0 Å². The fourth-order valence-corrected chi connectivity index (χ4v) is 3.53. The van der Waals surface area contributed by atoms with Crippen molar-refractivity contribution in [2.24, 2.45) is 0 Å². The largest absolute Gasteiger partial charge is 0.493 e. The van der Waals surface area contributed by atoms with E-state index in [0.29, 0.717) is 12.5 Å². The highest BCUT2D eigenvalue weighted by Crippen LogP contribution is 2.36. The fourth-order valence-electron chi connectivity index (χ4n) is 3.53. The summed E-state index contributed by atoms with van der Waals surface area (Å²) in [5.41, 5.74) is 1.18. The Bertz CT molecular complexity index is 537. The van der Waals surface area contributed by atoms with E-state index in [9.17, 15) is 4.79 Å². The monoisotopic (exact) mass is 303 g/mol. The van der Waals surface area contributed by atoms with E-state index in [1.807, 2.05) is 17.9 Å². The highest BCUT2D eigenvalue weighted by Gasteiger charge is 2.30. The molecule has 1 aliphatic carbocycles. The lowest BCUT2D eigenvalue weighted by molar-refractivity contribution is -0.127. The lowest BCUT2D eigenvalue weighted by atomic mass is 9.98. The van der Waals surface area contributed by atoms with E-state index in [-0.39, 0.29) is 11.8 Å². The number of likely N-dealkylation sites (N-methyl/N-ethyl adjacent to an activating group) is 1. The zero-order valence-electron chi connectivity index (χ0n) is 13.5. The molecule has 1 saturated heterocycles. The Morgan fingerprint density at radius 2 is 2.00 bits per heavy atom. The molecule has 0 aromatic heterocycles. The van der Waals surface area contributed by atoms with Crippen molar-refractivity contribution in [1.29, 1.82) is 0 Å². The van der Waals surface area contributed by atoms with E-state index in [1.165, 1.54) is 18.4 Å². The average Bonchev–Trinajstić information content (AvgIpc) is 3.16. The number of carbonyl (C=O) groups excluding carboxylic acids is 1. The predicted octanol–water partition coefficient (Wildman–Crippen LogP) is 3.35. The molecule has 1 saturated carbocycles. The minimum absolute atomic E-state index is 0.251. The molecule has 1 aliphatic heterocycles. The number of amides is 1. The highest BCUT2D eigenvalue weighted by atomic mass is 16.5. The molecule has 2 fully saturated rings. The molecule has 4 nitrogen and oxygen atoms in total. The number of benzene rings is 1. The maximum atomic E-state index is 11.9. The van der Waals surface area contributed by atoms with E-state index < -0.39 is 0 Å². The summed E-state index contributed by atoms with van der Waals surface area (Å²) in [5.74, 6) is 2.13. The summed E-state index contributed by atoms with van der Waals surface area (Å²) < 4.78 is 11.6. The molecular weight excluding hydrogens is 278 g/mol. The van der Waals surface area contributed by atoms with Gasteiger partial charge in [0.2, 0.25) is 5.91 Å². The number of methoxy groups -OCH3 is 1. The molecule has 2 aliphatic rings. The number of hydrogen-bond donors (Lipinski definition) is 0. The van der Waals surface area contributed by atoms with Crippen LogP contribution in [0.1, 0.15) is 50.5 Å². The average molecular weight is 303 g/mol. The molecule has 120 valence electrons. The van der Waals surface area contributed by atoms with E-state index in [2.05, 4.69) is 12.1 Å². The van der Waals surface area contributed by atoms with E-state index in [1.54, 1.807) is 7.11 Å². The normalized spacial score (nSPS) is 22.4. The summed E-state index contributed by atoms with van der Waals surface area (Å²) in [4.78, 5) is 13.9. The van der Waals surface area contributed by atoms with Gasteiger partial charge in [-0.25, -0.2) is 0 Å². The SMILES string of the molecule is CCN1C[C@H](c2ccc(OC)c(OC3CCCC3)c2)CC1=O. The number of likely N-dealkylation sites (tertiary alicyclic amines) is 1. The van der Waals surface area contributed by atoms with Gasteiger partial charge in [0.15, 0.2) is 11.5 Å². The summed E-state index contributed by atoms with van der Waals surface area (Å²) in [6.45, 7) is 3.63. The van der Waals surface area contributed by atoms with E-state index in [0.717, 1.165) is 37.4 Å². The third kappa shape index (κ3) is 3.06. The van der Waals surface area contributed by atoms with Gasteiger partial charge in [-0.05, 0) is 50.3 Å². The van der Waals surface area contributed by atoms with Crippen molar-refractivity contribution in [3.05, 3.63) is 23.8 Å². The Morgan fingerprint density at radius 3 is 2.64 bits per heavy atom. The van der Waals surface area contributed by atoms with Gasteiger partial charge < -0.3 is 14.4 Å². The van der Waals surface area contributed by atoms with Gasteiger partial charge in [-0.3, -0.25) is 4.79 Å². The first-order chi connectivity index (χ1) is 10.7. The second-order valence-corrected chi connectivity index (χ2v) is 6.27. The Balaban J connectivity index is 1.79. The summed E-state index contributed by atoms with van der Waals surface area (Å²) in [6, 6.07) is 6.12. The summed E-state index contributed by atoms with van der Waals surface area (Å²) in [7, 11) is 1.68. The molecule has 0 radical (unpaired) electrons. The number of nitrogens with zero attached hydrogens (tertiary/aromatic N) is 1. The predicted molar refractivity (Wildman–Crippen MR) is 85.5 cm³/mol. The van der Waals surface area contributed by atoms with Gasteiger partial charge in [0.25, 0.3) is 0 Å². The number of hydrogen-bond acceptors (Lipinski definition) is 3. The van der Waals surface area contributed by atoms with Crippen LogP contribution in [-0.2, 0) is 4.79 Å². The lowest BCUT2D eigenvalue weighted by Gasteiger charge is -2.19. The number of rotatable bonds is 5. The van der Waals surface area contributed by atoms with Crippen LogP contribution in [0.3, 0.4) is 0 Å². The number of carbonyl (C=O) groups is 1. The first-order valence-electron chi connectivity index (χ1n) is 8.33. The Hall–Kier alpha value is -1.71. The molecule has 1 amide bonds. The van der Waals surface area contributed by atoms with Crippen LogP contribution in [0.15, 0.2) is 18.2 Å². The third-order valence-corrected chi connectivity index (χ3v) is 4.85. The van der Waals surface area contributed by atoms with Crippen molar-refractivity contribution in [3.63, 3.8) is 0 Å². The van der Waals surface area contributed by atoms with Crippen molar-refractivity contribution in [1.82, 2.24) is 4.90 Å². The van der Waals surface area contributed by atoms with Crippen LogP contribution in [0.5, 0.6) is 11.5 Å². The van der Waals surface area contributed by atoms with Crippen LogP contribution in [-0.4, -0.2) is 37.1 Å². The molecule has 1 aromatic rings. The lowest BCUT2D eigenvalue weighted by Crippen LogP contribution is -2.24. The molecule has 3 rings (SSSR count). The molecule has 4 heteroatoms. The van der Waals surface area contributed by atoms with Gasteiger partial charge in [0, 0.05) is 25.4 Å². The highest BCUT2D eigenvalue weighted by molar-refractivity contribution is 5.79. The molecule has 1 aromatic carbocycles. The second kappa shape index (κ2) is 6.59. The van der Waals surface area contributed by atoms with Gasteiger partial charge in [-0.2, -0.15) is 0 Å². The van der Waals surface area contributed by atoms with Crippen molar-refractivity contribution >= 4 is 5.91 Å². The second-order valence-electron chi connectivity index (χ2n) is 6.27. The van der Waals surface area contributed by atoms with Crippen LogP contribution in [0.25, 0.3) is 0 Å². The minimum atomic E-state index is 0.251. The Labute approximate surface area is 132 Å². The van der Waals surface area contributed by atoms with Crippen molar-refractivity contribution in [2.75, 3.05) is 20.2 Å². The van der Waals surface area contributed by atoms with Crippen LogP contribution in [0.4, 0.5) is 0 Å². The van der Waals surface area contributed by atoms with Gasteiger partial charge in [-0.1, -0.05) is 6.07 Å². The summed E-state index contributed by atoms with van der Waals surface area (Å²) in [6.07, 6.45) is 5.65. The van der Waals surface area contributed by atoms with Crippen LogP contribution in [0.2, 0.25) is 0 Å². The standard InChI is InChI=1S/C18H25NO3/c1-3-19-12-14(11-18(19)20)13-8-9-16(21-2)17(10-13)22-15-6-4-5-7-15/h8-10,14-15H,3-7,11-12H2,1-2H3/t14-/m1/s1. The zero-order valence-corrected chi connectivity index (χ0v) is 13.5. The first kappa shape index (κ1) is 15.2. The maximum absolute atomic E-state index is 11.9. The van der Waals surface area contributed by atoms with Crippen LogP contribution >= 0.6 is 0 Å². The Morgan fingerprint density at radius 1 is 1.23 bits per heavy atom. The molecule has 22 heavy (non-hydrogen) atoms. The molecule has 0 N–H and O–H groups in total. The first-order valence-corrected chi connectivity index (χ1v) is 8.33. The fraction of sp³-hybridized carbons (Fsp3) is 0.611. The quantitative estimate of drug-likeness (QED) is 0.837. The third-order valence-electron chi connectivity index (χ3n) is 4.85. The van der Waals surface area contributed by atoms with E-state index in [4.69, 9.17) is 9.47 Å². The molecule has 0 unspecified atom stereocenters. The van der Waals surface area contributed by atoms with Gasteiger partial charge in [0.1, 0.15) is 0 Å². The smallest absolute Gasteiger partial charge is 0.223 e. The topological polar surface area (TPSA) is 38.8 Å². The summed E-state index contributed by atoms with van der Waals surface area (Å²) >= 11 is 0. The van der Waals surface area contributed by atoms with Crippen LogP contribution in [0, 0.1) is 0 Å².